The Morgan fingerprint density at radius 1 is 0.559 bits per heavy atom. The number of fused-ring (bicyclic) bond motifs is 5. The van der Waals surface area contributed by atoms with Gasteiger partial charge in [-0.2, -0.15) is 0 Å². The molecule has 1 aromatic heterocycles. The van der Waals surface area contributed by atoms with Crippen molar-refractivity contribution in [3.8, 4) is 11.1 Å². The summed E-state index contributed by atoms with van der Waals surface area (Å²) in [6.07, 6.45) is 1.81. The Morgan fingerprint density at radius 2 is 1.12 bits per heavy atom. The highest BCUT2D eigenvalue weighted by Crippen LogP contribution is 2.67. The predicted molar refractivity (Wildman–Crippen MR) is 136 cm³/mol. The largest absolute Gasteiger partial charge is 0.469 e. The zero-order valence-corrected chi connectivity index (χ0v) is 18.8. The summed E-state index contributed by atoms with van der Waals surface area (Å²) in [7, 11) is 0. The SMILES string of the molecule is c1ccc([C@@H]2N[C@@H](c3ccccc3)C3(c4ccccc4-c4ccccc43)[C@H]2c2ccco2)cc1. The average molecular weight is 440 g/mol. The van der Waals surface area contributed by atoms with Gasteiger partial charge >= 0.3 is 0 Å². The Balaban J connectivity index is 1.60. The van der Waals surface area contributed by atoms with Crippen molar-refractivity contribution < 1.29 is 4.42 Å². The fourth-order valence-electron chi connectivity index (χ4n) is 6.61. The summed E-state index contributed by atoms with van der Waals surface area (Å²) >= 11 is 0. The zero-order valence-electron chi connectivity index (χ0n) is 18.8. The number of furan rings is 1. The highest BCUT2D eigenvalue weighted by atomic mass is 16.3. The maximum absolute atomic E-state index is 6.23. The van der Waals surface area contributed by atoms with Crippen LogP contribution in [0, 0.1) is 0 Å². The molecule has 1 saturated heterocycles. The van der Waals surface area contributed by atoms with E-state index >= 15 is 0 Å². The summed E-state index contributed by atoms with van der Waals surface area (Å²) in [5.41, 5.74) is 7.66. The van der Waals surface area contributed by atoms with Gasteiger partial charge < -0.3 is 9.73 Å². The predicted octanol–water partition coefficient (Wildman–Crippen LogP) is 7.42. The van der Waals surface area contributed by atoms with Gasteiger partial charge in [-0.15, -0.1) is 0 Å². The summed E-state index contributed by atoms with van der Waals surface area (Å²) in [6.45, 7) is 0. The van der Waals surface area contributed by atoms with Crippen LogP contribution in [-0.4, -0.2) is 0 Å². The monoisotopic (exact) mass is 439 g/mol. The Hall–Kier alpha value is -3.88. The third kappa shape index (κ3) is 2.60. The van der Waals surface area contributed by atoms with Crippen LogP contribution >= 0.6 is 0 Å². The van der Waals surface area contributed by atoms with Gasteiger partial charge in [0.25, 0.3) is 0 Å². The van der Waals surface area contributed by atoms with E-state index < -0.39 is 0 Å². The van der Waals surface area contributed by atoms with Gasteiger partial charge in [-0.25, -0.2) is 0 Å². The minimum absolute atomic E-state index is 0.0822. The van der Waals surface area contributed by atoms with E-state index in [1.807, 2.05) is 12.3 Å². The molecule has 1 spiro atoms. The van der Waals surface area contributed by atoms with Crippen LogP contribution in [0.25, 0.3) is 11.1 Å². The first-order valence-electron chi connectivity index (χ1n) is 12.0. The number of rotatable bonds is 3. The second-order valence-corrected chi connectivity index (χ2v) is 9.35. The highest BCUT2D eigenvalue weighted by Gasteiger charge is 2.62. The Labute approximate surface area is 199 Å². The molecule has 7 rings (SSSR count). The van der Waals surface area contributed by atoms with Crippen LogP contribution in [0.2, 0.25) is 0 Å². The van der Waals surface area contributed by atoms with Crippen molar-refractivity contribution in [3.05, 3.63) is 156 Å². The van der Waals surface area contributed by atoms with Gasteiger partial charge in [0.05, 0.1) is 17.6 Å². The van der Waals surface area contributed by atoms with Crippen LogP contribution in [0.1, 0.15) is 46.0 Å². The van der Waals surface area contributed by atoms with E-state index in [0.717, 1.165) is 5.76 Å². The summed E-state index contributed by atoms with van der Waals surface area (Å²) in [4.78, 5) is 0. The van der Waals surface area contributed by atoms with Gasteiger partial charge in [0.1, 0.15) is 5.76 Å². The fraction of sp³-hybridized carbons (Fsp3) is 0.125. The van der Waals surface area contributed by atoms with Crippen LogP contribution in [-0.2, 0) is 5.41 Å². The third-order valence-electron chi connectivity index (χ3n) is 7.80. The molecular formula is C32H25NO. The lowest BCUT2D eigenvalue weighted by Gasteiger charge is -2.38. The lowest BCUT2D eigenvalue weighted by Crippen LogP contribution is -2.36. The lowest BCUT2D eigenvalue weighted by atomic mass is 9.62. The highest BCUT2D eigenvalue weighted by molar-refractivity contribution is 5.83. The molecule has 1 fully saturated rings. The second-order valence-electron chi connectivity index (χ2n) is 9.35. The molecule has 0 bridgehead atoms. The molecule has 1 N–H and O–H groups in total. The maximum atomic E-state index is 6.23. The molecule has 0 amide bonds. The first-order valence-corrected chi connectivity index (χ1v) is 12.0. The van der Waals surface area contributed by atoms with E-state index in [1.54, 1.807) is 0 Å². The Kier molecular flexibility index (Phi) is 4.36. The van der Waals surface area contributed by atoms with Crippen molar-refractivity contribution in [2.75, 3.05) is 0 Å². The normalized spacial score (nSPS) is 21.9. The second kappa shape index (κ2) is 7.58. The summed E-state index contributed by atoms with van der Waals surface area (Å²) in [5, 5.41) is 4.12. The minimum Gasteiger partial charge on any atom is -0.469 e. The quantitative estimate of drug-likeness (QED) is 0.316. The zero-order chi connectivity index (χ0) is 22.5. The Bertz CT molecular complexity index is 1390. The molecule has 164 valence electrons. The molecule has 1 aliphatic heterocycles. The minimum atomic E-state index is -0.313. The molecule has 3 atom stereocenters. The van der Waals surface area contributed by atoms with Crippen LogP contribution < -0.4 is 5.32 Å². The van der Waals surface area contributed by atoms with Gasteiger partial charge in [0, 0.05) is 12.1 Å². The summed E-state index contributed by atoms with van der Waals surface area (Å²) < 4.78 is 6.23. The lowest BCUT2D eigenvalue weighted by molar-refractivity contribution is 0.359. The van der Waals surface area contributed by atoms with Crippen LogP contribution in [0.3, 0.4) is 0 Å². The van der Waals surface area contributed by atoms with E-state index in [9.17, 15) is 0 Å². The van der Waals surface area contributed by atoms with Crippen LogP contribution in [0.15, 0.2) is 132 Å². The molecule has 2 heteroatoms. The number of hydrogen-bond acceptors (Lipinski definition) is 2. The van der Waals surface area contributed by atoms with Crippen LogP contribution in [0.5, 0.6) is 0 Å². The number of hydrogen-bond donors (Lipinski definition) is 1. The van der Waals surface area contributed by atoms with E-state index in [0.29, 0.717) is 0 Å². The van der Waals surface area contributed by atoms with Crippen molar-refractivity contribution in [3.63, 3.8) is 0 Å². The molecule has 0 saturated carbocycles. The molecule has 0 radical (unpaired) electrons. The first-order chi connectivity index (χ1) is 16.9. The van der Waals surface area contributed by atoms with E-state index in [1.165, 1.54) is 33.4 Å². The summed E-state index contributed by atoms with van der Waals surface area (Å²) in [6, 6.07) is 44.0. The number of nitrogens with one attached hydrogen (secondary N) is 1. The molecule has 2 nitrogen and oxygen atoms in total. The van der Waals surface area contributed by atoms with Crippen molar-refractivity contribution in [2.24, 2.45) is 0 Å². The molecule has 5 aromatic rings. The molecule has 0 unspecified atom stereocenters. The van der Waals surface area contributed by atoms with Crippen molar-refractivity contribution >= 4 is 0 Å². The topological polar surface area (TPSA) is 25.2 Å². The third-order valence-corrected chi connectivity index (χ3v) is 7.80. The van der Waals surface area contributed by atoms with Gasteiger partial charge in [-0.1, -0.05) is 109 Å². The number of benzene rings is 4. The molecule has 2 heterocycles. The fourth-order valence-corrected chi connectivity index (χ4v) is 6.61. The molecule has 1 aliphatic carbocycles. The van der Waals surface area contributed by atoms with Crippen LogP contribution in [0.4, 0.5) is 0 Å². The van der Waals surface area contributed by atoms with E-state index in [2.05, 4.69) is 121 Å². The maximum Gasteiger partial charge on any atom is 0.110 e. The molecule has 34 heavy (non-hydrogen) atoms. The molecule has 2 aliphatic rings. The summed E-state index contributed by atoms with van der Waals surface area (Å²) in [5.74, 6) is 1.10. The standard InChI is InChI=1S/C32H25NO/c1-3-12-22(13-4-1)30-29(28-20-11-21-34-28)32(31(33-30)23-14-5-2-6-15-23)26-18-9-7-16-24(26)25-17-8-10-19-27(25)32/h1-21,29-31,33H/t29-,30-,31-/m0/s1. The smallest absolute Gasteiger partial charge is 0.110 e. The Morgan fingerprint density at radius 3 is 1.71 bits per heavy atom. The van der Waals surface area contributed by atoms with Gasteiger partial charge in [-0.05, 0) is 45.5 Å². The van der Waals surface area contributed by atoms with Crippen molar-refractivity contribution in [1.82, 2.24) is 5.32 Å². The van der Waals surface area contributed by atoms with Crippen molar-refractivity contribution in [2.45, 2.75) is 23.4 Å². The molecular weight excluding hydrogens is 414 g/mol. The van der Waals surface area contributed by atoms with Gasteiger partial charge in [0.15, 0.2) is 0 Å². The molecule has 4 aromatic carbocycles. The van der Waals surface area contributed by atoms with E-state index in [4.69, 9.17) is 4.42 Å². The van der Waals surface area contributed by atoms with Gasteiger partial charge in [-0.3, -0.25) is 0 Å². The average Bonchev–Trinajstić information content (AvgIpc) is 3.62. The van der Waals surface area contributed by atoms with Gasteiger partial charge in [0.2, 0.25) is 0 Å². The van der Waals surface area contributed by atoms with Crippen molar-refractivity contribution in [1.29, 1.82) is 0 Å². The first kappa shape index (κ1) is 19.6. The van der Waals surface area contributed by atoms with E-state index in [-0.39, 0.29) is 23.4 Å².